The smallest absolute Gasteiger partial charge is 0.266 e. The second-order valence-electron chi connectivity index (χ2n) is 5.35. The lowest BCUT2D eigenvalue weighted by Crippen LogP contribution is -2.13. The van der Waals surface area contributed by atoms with Gasteiger partial charge in [-0.05, 0) is 48.4 Å². The molecule has 0 radical (unpaired) electrons. The molecule has 0 atom stereocenters. The fourth-order valence-electron chi connectivity index (χ4n) is 2.09. The number of nitriles is 2. The summed E-state index contributed by atoms with van der Waals surface area (Å²) in [5.41, 5.74) is 1.62. The van der Waals surface area contributed by atoms with Crippen LogP contribution >= 0.6 is 34.8 Å². The van der Waals surface area contributed by atoms with Crippen LogP contribution in [0, 0.1) is 29.6 Å². The molecule has 0 heterocycles. The molecule has 0 bridgehead atoms. The van der Waals surface area contributed by atoms with Crippen LogP contribution in [-0.2, 0) is 4.79 Å². The second-order valence-corrected chi connectivity index (χ2v) is 6.57. The van der Waals surface area contributed by atoms with Gasteiger partial charge in [0.05, 0.1) is 10.0 Å². The third kappa shape index (κ3) is 5.39. The van der Waals surface area contributed by atoms with E-state index in [1.54, 1.807) is 18.2 Å². The Balaban J connectivity index is 2.27. The second kappa shape index (κ2) is 9.30. The molecule has 2 aromatic rings. The molecule has 0 aliphatic heterocycles. The van der Waals surface area contributed by atoms with Crippen LogP contribution < -0.4 is 10.1 Å². The van der Waals surface area contributed by atoms with Gasteiger partial charge in [0.1, 0.15) is 17.7 Å². The molecule has 0 aliphatic rings. The summed E-state index contributed by atoms with van der Waals surface area (Å²) >= 11 is 18.2. The van der Waals surface area contributed by atoms with Crippen molar-refractivity contribution in [1.82, 2.24) is 0 Å². The summed E-state index contributed by atoms with van der Waals surface area (Å²) in [7, 11) is 0. The number of ether oxygens (including phenoxy) is 1. The van der Waals surface area contributed by atoms with Crippen molar-refractivity contribution < 1.29 is 9.53 Å². The highest BCUT2D eigenvalue weighted by Crippen LogP contribution is 2.35. The molecule has 0 saturated carbocycles. The van der Waals surface area contributed by atoms with Gasteiger partial charge >= 0.3 is 0 Å². The number of nitrogens with zero attached hydrogens (tertiary/aromatic N) is 2. The fraction of sp³-hybridized carbons (Fsp3) is 0.105. The van der Waals surface area contributed by atoms with Gasteiger partial charge in [0.2, 0.25) is 0 Å². The number of anilines is 1. The van der Waals surface area contributed by atoms with Gasteiger partial charge in [-0.2, -0.15) is 10.5 Å². The Morgan fingerprint density at radius 1 is 1.15 bits per heavy atom. The van der Waals surface area contributed by atoms with Gasteiger partial charge in [0, 0.05) is 10.7 Å². The Morgan fingerprint density at radius 3 is 2.37 bits per heavy atom. The summed E-state index contributed by atoms with van der Waals surface area (Å²) < 4.78 is 5.15. The van der Waals surface area contributed by atoms with E-state index in [0.29, 0.717) is 16.3 Å². The summed E-state index contributed by atoms with van der Waals surface area (Å²) in [6, 6.07) is 11.7. The van der Waals surface area contributed by atoms with Crippen LogP contribution in [0.1, 0.15) is 11.1 Å². The van der Waals surface area contributed by atoms with Gasteiger partial charge in [-0.25, -0.2) is 0 Å². The highest BCUT2D eigenvalue weighted by atomic mass is 35.5. The molecule has 0 spiro atoms. The van der Waals surface area contributed by atoms with E-state index in [1.165, 1.54) is 18.2 Å². The highest BCUT2D eigenvalue weighted by molar-refractivity contribution is 6.37. The van der Waals surface area contributed by atoms with Crippen LogP contribution in [0.3, 0.4) is 0 Å². The minimum absolute atomic E-state index is 0.149. The van der Waals surface area contributed by atoms with E-state index in [2.05, 4.69) is 5.32 Å². The summed E-state index contributed by atoms with van der Waals surface area (Å²) in [6.07, 6.45) is 1.34. The number of hydrogen-bond acceptors (Lipinski definition) is 4. The lowest BCUT2D eigenvalue weighted by Gasteiger charge is -2.09. The zero-order valence-electron chi connectivity index (χ0n) is 14.0. The maximum atomic E-state index is 12.4. The largest absolute Gasteiger partial charge is 0.476 e. The molecule has 0 saturated heterocycles. The zero-order valence-corrected chi connectivity index (χ0v) is 16.3. The standard InChI is InChI=1S/C19H12Cl3N3O2/c1-11-2-3-14(9-15(11)20)25-19(26)13(10-24)6-12-7-16(21)18(17(22)8-12)27-5-4-23/h2-3,6-9H,5H2,1H3,(H,25,26)/b13-6-. The van der Waals surface area contributed by atoms with Crippen LogP contribution in [0.25, 0.3) is 6.08 Å². The monoisotopic (exact) mass is 419 g/mol. The number of carbonyl (C=O) groups excluding carboxylic acids is 1. The number of benzene rings is 2. The Hall–Kier alpha value is -2.70. The topological polar surface area (TPSA) is 85.9 Å². The Morgan fingerprint density at radius 2 is 1.81 bits per heavy atom. The fourth-order valence-corrected chi connectivity index (χ4v) is 2.88. The van der Waals surface area contributed by atoms with Crippen molar-refractivity contribution in [1.29, 1.82) is 10.5 Å². The van der Waals surface area contributed by atoms with Crippen LogP contribution in [0.5, 0.6) is 5.75 Å². The van der Waals surface area contributed by atoms with Crippen LogP contribution in [0.2, 0.25) is 15.1 Å². The number of amides is 1. The van der Waals surface area contributed by atoms with Gasteiger partial charge < -0.3 is 10.1 Å². The van der Waals surface area contributed by atoms with Crippen molar-refractivity contribution in [3.63, 3.8) is 0 Å². The first-order valence-corrected chi connectivity index (χ1v) is 8.67. The first-order chi connectivity index (χ1) is 12.8. The number of carbonyl (C=O) groups is 1. The van der Waals surface area contributed by atoms with Crippen LogP contribution in [0.4, 0.5) is 5.69 Å². The predicted molar refractivity (Wildman–Crippen MR) is 106 cm³/mol. The number of halogens is 3. The van der Waals surface area contributed by atoms with Gasteiger partial charge in [0.15, 0.2) is 12.4 Å². The van der Waals surface area contributed by atoms with Gasteiger partial charge in [-0.1, -0.05) is 40.9 Å². The first kappa shape index (κ1) is 20.6. The van der Waals surface area contributed by atoms with Gasteiger partial charge in [-0.15, -0.1) is 0 Å². The van der Waals surface area contributed by atoms with E-state index in [0.717, 1.165) is 5.56 Å². The van der Waals surface area contributed by atoms with Crippen molar-refractivity contribution in [2.45, 2.75) is 6.92 Å². The minimum Gasteiger partial charge on any atom is -0.476 e. The van der Waals surface area contributed by atoms with Crippen molar-refractivity contribution in [2.75, 3.05) is 11.9 Å². The molecule has 2 aromatic carbocycles. The summed E-state index contributed by atoms with van der Waals surface area (Å²) in [4.78, 5) is 12.4. The Labute approximate surface area is 171 Å². The molecular weight excluding hydrogens is 409 g/mol. The van der Waals surface area contributed by atoms with Crippen molar-refractivity contribution in [2.24, 2.45) is 0 Å². The van der Waals surface area contributed by atoms with Crippen LogP contribution in [-0.4, -0.2) is 12.5 Å². The average molecular weight is 421 g/mol. The number of aryl methyl sites for hydroxylation is 1. The molecule has 0 unspecified atom stereocenters. The van der Waals surface area contributed by atoms with Gasteiger partial charge in [0.25, 0.3) is 5.91 Å². The molecule has 0 fully saturated rings. The molecule has 8 heteroatoms. The summed E-state index contributed by atoms with van der Waals surface area (Å²) in [5, 5.41) is 21.3. The third-order valence-corrected chi connectivity index (χ3v) is 4.38. The normalized spacial score (nSPS) is 10.7. The van der Waals surface area contributed by atoms with Gasteiger partial charge in [-0.3, -0.25) is 4.79 Å². The van der Waals surface area contributed by atoms with Crippen molar-refractivity contribution in [3.8, 4) is 17.9 Å². The van der Waals surface area contributed by atoms with Crippen molar-refractivity contribution in [3.05, 3.63) is 62.1 Å². The molecule has 27 heavy (non-hydrogen) atoms. The van der Waals surface area contributed by atoms with E-state index in [9.17, 15) is 10.1 Å². The lowest BCUT2D eigenvalue weighted by atomic mass is 10.1. The zero-order chi connectivity index (χ0) is 20.0. The quantitative estimate of drug-likeness (QED) is 0.518. The first-order valence-electron chi connectivity index (χ1n) is 7.53. The van der Waals surface area contributed by atoms with E-state index >= 15 is 0 Å². The molecule has 2 rings (SSSR count). The molecule has 0 aliphatic carbocycles. The molecule has 0 aromatic heterocycles. The van der Waals surface area contributed by atoms with Crippen LogP contribution in [0.15, 0.2) is 35.9 Å². The molecule has 1 N–H and O–H groups in total. The number of rotatable bonds is 5. The molecule has 136 valence electrons. The molecule has 1 amide bonds. The molecule has 5 nitrogen and oxygen atoms in total. The SMILES string of the molecule is Cc1ccc(NC(=O)/C(C#N)=C\c2cc(Cl)c(OCC#N)c(Cl)c2)cc1Cl. The number of hydrogen-bond donors (Lipinski definition) is 1. The summed E-state index contributed by atoms with van der Waals surface area (Å²) in [5.74, 6) is -0.441. The molecular formula is C19H12Cl3N3O2. The van der Waals surface area contributed by atoms with E-state index in [4.69, 9.17) is 44.8 Å². The van der Waals surface area contributed by atoms with E-state index < -0.39 is 5.91 Å². The Kier molecular flexibility index (Phi) is 7.10. The lowest BCUT2D eigenvalue weighted by molar-refractivity contribution is -0.112. The van der Waals surface area contributed by atoms with E-state index in [1.807, 2.05) is 19.1 Å². The average Bonchev–Trinajstić information content (AvgIpc) is 2.62. The maximum absolute atomic E-state index is 12.4. The highest BCUT2D eigenvalue weighted by Gasteiger charge is 2.13. The predicted octanol–water partition coefficient (Wildman–Crippen LogP) is 5.40. The third-order valence-electron chi connectivity index (χ3n) is 3.41. The minimum atomic E-state index is -0.602. The maximum Gasteiger partial charge on any atom is 0.266 e. The number of nitrogens with one attached hydrogen (secondary N) is 1. The summed E-state index contributed by atoms with van der Waals surface area (Å²) in [6.45, 7) is 1.63. The van der Waals surface area contributed by atoms with E-state index in [-0.39, 0.29) is 28.0 Å². The Bertz CT molecular complexity index is 981. The van der Waals surface area contributed by atoms with Crippen molar-refractivity contribution >= 4 is 52.5 Å².